The predicted molar refractivity (Wildman–Crippen MR) is 157 cm³/mol. The highest BCUT2D eigenvalue weighted by Crippen LogP contribution is 2.32. The van der Waals surface area contributed by atoms with Crippen LogP contribution in [-0.4, -0.2) is 54.4 Å². The van der Waals surface area contributed by atoms with Gasteiger partial charge in [0.2, 0.25) is 0 Å². The van der Waals surface area contributed by atoms with E-state index in [1.165, 1.54) is 6.08 Å². The van der Waals surface area contributed by atoms with E-state index in [9.17, 15) is 19.2 Å². The van der Waals surface area contributed by atoms with Gasteiger partial charge in [-0.2, -0.15) is 0 Å². The number of rotatable bonds is 8. The van der Waals surface area contributed by atoms with Gasteiger partial charge in [-0.05, 0) is 48.1 Å². The minimum atomic E-state index is -1.01. The molecule has 220 valence electrons. The molecule has 2 amide bonds. The number of hydrogen-bond donors (Lipinski definition) is 2. The van der Waals surface area contributed by atoms with E-state index in [1.54, 1.807) is 53.4 Å². The summed E-state index contributed by atoms with van der Waals surface area (Å²) in [5.41, 5.74) is 3.86. The minimum absolute atomic E-state index is 0.0583. The van der Waals surface area contributed by atoms with Gasteiger partial charge in [0.15, 0.2) is 0 Å². The molecular weight excluding hydrogens is 550 g/mol. The molecule has 0 bridgehead atoms. The van der Waals surface area contributed by atoms with Gasteiger partial charge < -0.3 is 19.1 Å². The van der Waals surface area contributed by atoms with Gasteiger partial charge in [0.1, 0.15) is 12.4 Å². The highest BCUT2D eigenvalue weighted by molar-refractivity contribution is 6.04. The number of likely N-dealkylation sites (tertiary alicyclic amines) is 1. The topological polar surface area (TPSA) is 135 Å². The van der Waals surface area contributed by atoms with Crippen molar-refractivity contribution >= 4 is 29.8 Å². The lowest BCUT2D eigenvalue weighted by atomic mass is 9.93. The normalized spacial score (nSPS) is 16.0. The van der Waals surface area contributed by atoms with Gasteiger partial charge in [0.25, 0.3) is 12.2 Å². The van der Waals surface area contributed by atoms with Crippen molar-refractivity contribution in [3.8, 4) is 11.1 Å². The van der Waals surface area contributed by atoms with Crippen LogP contribution in [0.1, 0.15) is 57.4 Å². The highest BCUT2D eigenvalue weighted by Gasteiger charge is 2.34. The number of ether oxygens (including phenoxy) is 3. The van der Waals surface area contributed by atoms with Crippen LogP contribution in [0.15, 0.2) is 85.5 Å². The Hall–Kier alpha value is -5.25. The fourth-order valence-corrected chi connectivity index (χ4v) is 5.11. The van der Waals surface area contributed by atoms with Crippen molar-refractivity contribution in [1.82, 2.24) is 10.2 Å². The summed E-state index contributed by atoms with van der Waals surface area (Å²) in [6.07, 6.45) is 1.24. The molecule has 2 heterocycles. The van der Waals surface area contributed by atoms with E-state index in [4.69, 9.17) is 19.6 Å². The first-order chi connectivity index (χ1) is 20.8. The summed E-state index contributed by atoms with van der Waals surface area (Å²) >= 11 is 0. The SMILES string of the molecule is C=CCOC(=O)NC(=N)c1ccc(-c2ccc(C(=O)N3CCC(CC(=O)OC4OC(=O)c5ccccc54)CC3)cc2)cc1. The van der Waals surface area contributed by atoms with Crippen molar-refractivity contribution < 1.29 is 33.4 Å². The molecule has 0 saturated carbocycles. The molecule has 10 nitrogen and oxygen atoms in total. The van der Waals surface area contributed by atoms with Crippen molar-refractivity contribution in [1.29, 1.82) is 5.41 Å². The van der Waals surface area contributed by atoms with Crippen LogP contribution in [0, 0.1) is 11.3 Å². The largest absolute Gasteiger partial charge is 0.445 e. The first-order valence-electron chi connectivity index (χ1n) is 13.9. The maximum absolute atomic E-state index is 13.1. The third kappa shape index (κ3) is 6.98. The van der Waals surface area contributed by atoms with Crippen LogP contribution in [0.2, 0.25) is 0 Å². The van der Waals surface area contributed by atoms with Gasteiger partial charge >= 0.3 is 18.0 Å². The summed E-state index contributed by atoms with van der Waals surface area (Å²) in [4.78, 5) is 51.1. The Bertz CT molecular complexity index is 1540. The van der Waals surface area contributed by atoms with Gasteiger partial charge in [-0.15, -0.1) is 0 Å². The molecule has 2 aliphatic heterocycles. The first kappa shape index (κ1) is 29.2. The molecule has 0 radical (unpaired) electrons. The highest BCUT2D eigenvalue weighted by atomic mass is 16.7. The number of carbonyl (C=O) groups is 4. The standard InChI is InChI=1S/C33H31N3O7/c1-2-19-41-33(40)35-29(34)24-11-7-22(8-12-24)23-9-13-25(14-10-23)30(38)36-17-15-21(16-18-36)20-28(37)42-32-27-6-4-3-5-26(27)31(39)43-32/h2-14,21,32H,1,15-20H2,(H2,34,35,40). The van der Waals surface area contributed by atoms with E-state index < -0.39 is 24.3 Å². The molecule has 1 unspecified atom stereocenters. The molecule has 3 aromatic rings. The second-order valence-corrected chi connectivity index (χ2v) is 10.3. The van der Waals surface area contributed by atoms with E-state index in [0.29, 0.717) is 48.2 Å². The zero-order valence-electron chi connectivity index (χ0n) is 23.4. The number of fused-ring (bicyclic) bond motifs is 1. The maximum Gasteiger partial charge on any atom is 0.413 e. The number of nitrogens with one attached hydrogen (secondary N) is 2. The molecule has 1 saturated heterocycles. The molecular formula is C33H31N3O7. The zero-order valence-corrected chi connectivity index (χ0v) is 23.4. The number of esters is 2. The second kappa shape index (κ2) is 13.2. The number of alkyl carbamates (subject to hydrolysis) is 1. The molecule has 43 heavy (non-hydrogen) atoms. The smallest absolute Gasteiger partial charge is 0.413 e. The lowest BCUT2D eigenvalue weighted by Gasteiger charge is -2.31. The average Bonchev–Trinajstić information content (AvgIpc) is 3.34. The molecule has 3 aromatic carbocycles. The van der Waals surface area contributed by atoms with Gasteiger partial charge in [-0.3, -0.25) is 20.3 Å². The lowest BCUT2D eigenvalue weighted by molar-refractivity contribution is -0.169. The van der Waals surface area contributed by atoms with Gasteiger partial charge in [0, 0.05) is 36.2 Å². The van der Waals surface area contributed by atoms with Crippen LogP contribution in [0.3, 0.4) is 0 Å². The van der Waals surface area contributed by atoms with Gasteiger partial charge in [0.05, 0.1) is 5.56 Å². The number of piperidine rings is 1. The van der Waals surface area contributed by atoms with E-state index in [-0.39, 0.29) is 30.7 Å². The lowest BCUT2D eigenvalue weighted by Crippen LogP contribution is -2.39. The number of hydrogen-bond acceptors (Lipinski definition) is 8. The predicted octanol–water partition coefficient (Wildman–Crippen LogP) is 5.25. The molecule has 1 fully saturated rings. The average molecular weight is 582 g/mol. The monoisotopic (exact) mass is 581 g/mol. The number of carbonyl (C=O) groups excluding carboxylic acids is 4. The van der Waals surface area contributed by atoms with E-state index in [2.05, 4.69) is 11.9 Å². The van der Waals surface area contributed by atoms with E-state index >= 15 is 0 Å². The quantitative estimate of drug-likeness (QED) is 0.161. The van der Waals surface area contributed by atoms with Crippen molar-refractivity contribution in [3.63, 3.8) is 0 Å². The van der Waals surface area contributed by atoms with Crippen LogP contribution in [0.5, 0.6) is 0 Å². The number of amides is 2. The minimum Gasteiger partial charge on any atom is -0.445 e. The molecule has 0 aliphatic carbocycles. The molecule has 2 N–H and O–H groups in total. The van der Waals surface area contributed by atoms with Crippen molar-refractivity contribution in [3.05, 3.63) is 108 Å². The zero-order chi connectivity index (χ0) is 30.3. The van der Waals surface area contributed by atoms with Crippen LogP contribution in [0.4, 0.5) is 4.79 Å². The third-order valence-corrected chi connectivity index (χ3v) is 7.44. The number of amidine groups is 1. The Labute approximate surface area is 248 Å². The number of benzene rings is 3. The molecule has 5 rings (SSSR count). The Morgan fingerprint density at radius 3 is 2.23 bits per heavy atom. The van der Waals surface area contributed by atoms with Crippen LogP contribution < -0.4 is 5.32 Å². The van der Waals surface area contributed by atoms with E-state index in [0.717, 1.165) is 11.1 Å². The second-order valence-electron chi connectivity index (χ2n) is 10.3. The molecule has 1 atom stereocenters. The summed E-state index contributed by atoms with van der Waals surface area (Å²) in [6, 6.07) is 21.3. The van der Waals surface area contributed by atoms with Crippen LogP contribution in [-0.2, 0) is 19.0 Å². The fraction of sp³-hybridized carbons (Fsp3) is 0.242. The Morgan fingerprint density at radius 2 is 1.58 bits per heavy atom. The summed E-state index contributed by atoms with van der Waals surface area (Å²) in [6.45, 7) is 4.59. The first-order valence-corrected chi connectivity index (χ1v) is 13.9. The molecule has 0 spiro atoms. The third-order valence-electron chi connectivity index (χ3n) is 7.44. The van der Waals surface area contributed by atoms with Gasteiger partial charge in [-0.25, -0.2) is 9.59 Å². The van der Waals surface area contributed by atoms with Gasteiger partial charge in [-0.1, -0.05) is 67.3 Å². The number of cyclic esters (lactones) is 1. The molecule has 2 aliphatic rings. The molecule has 10 heteroatoms. The number of nitrogens with zero attached hydrogens (tertiary/aromatic N) is 1. The Kier molecular flexibility index (Phi) is 8.95. The maximum atomic E-state index is 13.1. The van der Waals surface area contributed by atoms with Crippen molar-refractivity contribution in [2.24, 2.45) is 5.92 Å². The summed E-state index contributed by atoms with van der Waals surface area (Å²) < 4.78 is 15.5. The Morgan fingerprint density at radius 1 is 0.953 bits per heavy atom. The van der Waals surface area contributed by atoms with Crippen LogP contribution >= 0.6 is 0 Å². The summed E-state index contributed by atoms with van der Waals surface area (Å²) in [5.74, 6) is -1.00. The van der Waals surface area contributed by atoms with E-state index in [1.807, 2.05) is 24.3 Å². The summed E-state index contributed by atoms with van der Waals surface area (Å²) in [5, 5.41) is 10.4. The Balaban J connectivity index is 1.09. The fourth-order valence-electron chi connectivity index (χ4n) is 5.11. The van der Waals surface area contributed by atoms with Crippen molar-refractivity contribution in [2.45, 2.75) is 25.6 Å². The van der Waals surface area contributed by atoms with Crippen LogP contribution in [0.25, 0.3) is 11.1 Å². The summed E-state index contributed by atoms with van der Waals surface area (Å²) in [7, 11) is 0. The van der Waals surface area contributed by atoms with Crippen molar-refractivity contribution in [2.75, 3.05) is 19.7 Å². The molecule has 0 aromatic heterocycles.